The Morgan fingerprint density at radius 1 is 1.40 bits per heavy atom. The number of carbonyl (C=O) groups is 1. The highest BCUT2D eigenvalue weighted by atomic mass is 19.4. The topological polar surface area (TPSA) is 65.2 Å². The van der Waals surface area contributed by atoms with Crippen LogP contribution in [0.2, 0.25) is 0 Å². The number of primary amides is 1. The van der Waals surface area contributed by atoms with Crippen LogP contribution in [0, 0.1) is 5.82 Å². The average Bonchev–Trinajstić information content (AvgIpc) is 2.05. The van der Waals surface area contributed by atoms with Gasteiger partial charge in [-0.05, 0) is 0 Å². The number of nitrogens with two attached hydrogens (primary N) is 1. The summed E-state index contributed by atoms with van der Waals surface area (Å²) in [4.78, 5) is 13.8. The van der Waals surface area contributed by atoms with Gasteiger partial charge in [-0.2, -0.15) is 0 Å². The van der Waals surface area contributed by atoms with Crippen molar-refractivity contribution in [2.75, 3.05) is 0 Å². The number of ether oxygens (including phenoxy) is 1. The van der Waals surface area contributed by atoms with Gasteiger partial charge in [0.05, 0.1) is 6.20 Å². The Kier molecular flexibility index (Phi) is 2.78. The van der Waals surface area contributed by atoms with Crippen molar-refractivity contribution in [2.24, 2.45) is 5.73 Å². The van der Waals surface area contributed by atoms with Crippen LogP contribution in [-0.2, 0) is 0 Å². The van der Waals surface area contributed by atoms with Crippen molar-refractivity contribution in [1.29, 1.82) is 0 Å². The minimum absolute atomic E-state index is 0.480. The number of hydrogen-bond acceptors (Lipinski definition) is 3. The Labute approximate surface area is 80.7 Å². The van der Waals surface area contributed by atoms with E-state index in [4.69, 9.17) is 5.73 Å². The van der Waals surface area contributed by atoms with Gasteiger partial charge in [0.25, 0.3) is 5.91 Å². The number of halogens is 4. The van der Waals surface area contributed by atoms with Gasteiger partial charge in [-0.1, -0.05) is 0 Å². The van der Waals surface area contributed by atoms with Gasteiger partial charge in [0, 0.05) is 6.20 Å². The highest BCUT2D eigenvalue weighted by Crippen LogP contribution is 2.28. The van der Waals surface area contributed by atoms with E-state index in [2.05, 4.69) is 9.72 Å². The van der Waals surface area contributed by atoms with Gasteiger partial charge < -0.3 is 10.5 Å². The van der Waals surface area contributed by atoms with Crippen molar-refractivity contribution >= 4 is 5.91 Å². The number of rotatable bonds is 2. The Morgan fingerprint density at radius 2 is 2.00 bits per heavy atom. The summed E-state index contributed by atoms with van der Waals surface area (Å²) in [5, 5.41) is 0. The van der Waals surface area contributed by atoms with Gasteiger partial charge in [-0.25, -0.2) is 4.39 Å². The summed E-state index contributed by atoms with van der Waals surface area (Å²) in [6.07, 6.45) is -3.94. The third kappa shape index (κ3) is 2.79. The lowest BCUT2D eigenvalue weighted by Gasteiger charge is -2.11. The number of nitrogens with zero attached hydrogens (tertiary/aromatic N) is 1. The second-order valence-corrected chi connectivity index (χ2v) is 2.41. The van der Waals surface area contributed by atoms with Crippen LogP contribution in [0.4, 0.5) is 17.6 Å². The van der Waals surface area contributed by atoms with Crippen molar-refractivity contribution in [3.05, 3.63) is 23.8 Å². The van der Waals surface area contributed by atoms with E-state index in [1.807, 2.05) is 0 Å². The van der Waals surface area contributed by atoms with E-state index in [1.54, 1.807) is 0 Å². The minimum atomic E-state index is -5.10. The van der Waals surface area contributed by atoms with Crippen LogP contribution >= 0.6 is 0 Å². The zero-order chi connectivity index (χ0) is 11.6. The van der Waals surface area contributed by atoms with E-state index < -0.39 is 29.4 Å². The first-order valence-corrected chi connectivity index (χ1v) is 3.50. The summed E-state index contributed by atoms with van der Waals surface area (Å²) >= 11 is 0. The molecule has 1 heterocycles. The Morgan fingerprint density at radius 3 is 2.47 bits per heavy atom. The SMILES string of the molecule is NC(=O)c1cncc(F)c1OC(F)(F)F. The summed E-state index contributed by atoms with van der Waals surface area (Å²) in [5.74, 6) is -3.95. The molecule has 0 aromatic carbocycles. The zero-order valence-corrected chi connectivity index (χ0v) is 7.01. The molecule has 1 aromatic heterocycles. The maximum absolute atomic E-state index is 12.8. The molecule has 1 rings (SSSR count). The highest BCUT2D eigenvalue weighted by molar-refractivity contribution is 5.95. The summed E-state index contributed by atoms with van der Waals surface area (Å²) in [6.45, 7) is 0. The third-order valence-electron chi connectivity index (χ3n) is 1.34. The molecule has 0 aliphatic rings. The van der Waals surface area contributed by atoms with E-state index in [-0.39, 0.29) is 0 Å². The predicted octanol–water partition coefficient (Wildman–Crippen LogP) is 1.22. The fourth-order valence-electron chi connectivity index (χ4n) is 0.818. The molecule has 8 heteroatoms. The average molecular weight is 224 g/mol. The molecule has 0 atom stereocenters. The number of amides is 1. The van der Waals surface area contributed by atoms with Gasteiger partial charge >= 0.3 is 6.36 Å². The molecular formula is C7H4F4N2O2. The summed E-state index contributed by atoms with van der Waals surface area (Å²) < 4.78 is 51.6. The number of carbonyl (C=O) groups excluding carboxylic acids is 1. The number of alkyl halides is 3. The van der Waals surface area contributed by atoms with Crippen molar-refractivity contribution in [1.82, 2.24) is 4.98 Å². The summed E-state index contributed by atoms with van der Waals surface area (Å²) in [5.41, 5.74) is 3.94. The molecule has 0 saturated carbocycles. The molecule has 0 saturated heterocycles. The van der Waals surface area contributed by atoms with Crippen LogP contribution in [-0.4, -0.2) is 17.3 Å². The normalized spacial score (nSPS) is 11.2. The maximum Gasteiger partial charge on any atom is 0.573 e. The fraction of sp³-hybridized carbons (Fsp3) is 0.143. The molecule has 1 amide bonds. The Hall–Kier alpha value is -1.86. The second kappa shape index (κ2) is 3.71. The number of pyridine rings is 1. The first-order valence-electron chi connectivity index (χ1n) is 3.50. The van der Waals surface area contributed by atoms with Crippen LogP contribution < -0.4 is 10.5 Å². The van der Waals surface area contributed by atoms with E-state index in [1.165, 1.54) is 0 Å². The van der Waals surface area contributed by atoms with E-state index >= 15 is 0 Å². The van der Waals surface area contributed by atoms with E-state index in [0.717, 1.165) is 0 Å². The molecule has 0 bridgehead atoms. The van der Waals surface area contributed by atoms with Crippen LogP contribution in [0.1, 0.15) is 10.4 Å². The standard InChI is InChI=1S/C7H4F4N2O2/c8-4-2-13-1-3(6(12)14)5(4)15-7(9,10)11/h1-2H,(H2,12,14). The second-order valence-electron chi connectivity index (χ2n) is 2.41. The molecular weight excluding hydrogens is 220 g/mol. The van der Waals surface area contributed by atoms with Crippen molar-refractivity contribution in [3.8, 4) is 5.75 Å². The van der Waals surface area contributed by atoms with Crippen molar-refractivity contribution < 1.29 is 27.1 Å². The monoisotopic (exact) mass is 224 g/mol. The first kappa shape index (κ1) is 11.2. The summed E-state index contributed by atoms with van der Waals surface area (Å²) in [6, 6.07) is 0. The quantitative estimate of drug-likeness (QED) is 0.768. The molecule has 0 radical (unpaired) electrons. The molecule has 0 fully saturated rings. The van der Waals surface area contributed by atoms with Crippen molar-refractivity contribution in [3.63, 3.8) is 0 Å². The van der Waals surface area contributed by atoms with Gasteiger partial charge in [0.1, 0.15) is 5.56 Å². The van der Waals surface area contributed by atoms with Crippen molar-refractivity contribution in [2.45, 2.75) is 6.36 Å². The smallest absolute Gasteiger partial charge is 0.402 e. The molecule has 0 aliphatic heterocycles. The molecule has 0 unspecified atom stereocenters. The molecule has 82 valence electrons. The summed E-state index contributed by atoms with van der Waals surface area (Å²) in [7, 11) is 0. The fourth-order valence-corrected chi connectivity index (χ4v) is 0.818. The van der Waals surface area contributed by atoms with Crippen LogP contribution in [0.25, 0.3) is 0 Å². The lowest BCUT2D eigenvalue weighted by atomic mass is 10.2. The Balaban J connectivity index is 3.19. The van der Waals surface area contributed by atoms with Gasteiger partial charge in [-0.3, -0.25) is 9.78 Å². The van der Waals surface area contributed by atoms with Crippen LogP contribution in [0.3, 0.4) is 0 Å². The third-order valence-corrected chi connectivity index (χ3v) is 1.34. The Bertz CT molecular complexity index is 391. The predicted molar refractivity (Wildman–Crippen MR) is 39.4 cm³/mol. The minimum Gasteiger partial charge on any atom is -0.402 e. The molecule has 0 aliphatic carbocycles. The molecule has 4 nitrogen and oxygen atoms in total. The molecule has 2 N–H and O–H groups in total. The lowest BCUT2D eigenvalue weighted by molar-refractivity contribution is -0.275. The van der Waals surface area contributed by atoms with Gasteiger partial charge in [0.2, 0.25) is 0 Å². The lowest BCUT2D eigenvalue weighted by Crippen LogP contribution is -2.22. The van der Waals surface area contributed by atoms with E-state index in [9.17, 15) is 22.4 Å². The first-order chi connectivity index (χ1) is 6.81. The molecule has 0 spiro atoms. The van der Waals surface area contributed by atoms with Gasteiger partial charge in [-0.15, -0.1) is 13.2 Å². The van der Waals surface area contributed by atoms with Crippen LogP contribution in [0.15, 0.2) is 12.4 Å². The molecule has 1 aromatic rings. The highest BCUT2D eigenvalue weighted by Gasteiger charge is 2.34. The number of hydrogen-bond donors (Lipinski definition) is 1. The number of aromatic nitrogens is 1. The van der Waals surface area contributed by atoms with Crippen LogP contribution in [0.5, 0.6) is 5.75 Å². The molecule has 15 heavy (non-hydrogen) atoms. The largest absolute Gasteiger partial charge is 0.573 e. The zero-order valence-electron chi connectivity index (χ0n) is 7.01. The van der Waals surface area contributed by atoms with E-state index in [0.29, 0.717) is 12.4 Å². The van der Waals surface area contributed by atoms with Gasteiger partial charge in [0.15, 0.2) is 11.6 Å². The maximum atomic E-state index is 12.8.